The summed E-state index contributed by atoms with van der Waals surface area (Å²) in [7, 11) is -4.28. The van der Waals surface area contributed by atoms with Crippen molar-refractivity contribution in [3.8, 4) is 11.5 Å². The van der Waals surface area contributed by atoms with Crippen molar-refractivity contribution in [1.29, 1.82) is 0 Å². The Balaban J connectivity index is 1.85. The van der Waals surface area contributed by atoms with Crippen molar-refractivity contribution in [2.24, 2.45) is 5.14 Å². The number of ether oxygens (including phenoxy) is 2. The van der Waals surface area contributed by atoms with Gasteiger partial charge in [-0.1, -0.05) is 18.2 Å². The molecule has 1 aliphatic heterocycles. The number of carbonyl (C=O) groups is 1. The minimum Gasteiger partial charge on any atom is -0.491 e. The maximum Gasteiger partial charge on any atom is 0.573 e. The SMILES string of the molecule is NS(=O)(=O)c1ccccc1C(=O)N[C@]1(c2ccc(OC(F)(F)F)c(F)c2)CCOc2cccnc21. The van der Waals surface area contributed by atoms with E-state index in [2.05, 4.69) is 15.0 Å². The van der Waals surface area contributed by atoms with Crippen LogP contribution in [-0.4, -0.2) is 32.3 Å². The quantitative estimate of drug-likeness (QED) is 0.508. The minimum absolute atomic E-state index is 0.000784. The number of pyridine rings is 1. The Morgan fingerprint density at radius 1 is 1.14 bits per heavy atom. The van der Waals surface area contributed by atoms with Crippen LogP contribution in [0.5, 0.6) is 11.5 Å². The van der Waals surface area contributed by atoms with Crippen molar-refractivity contribution in [2.75, 3.05) is 6.61 Å². The Kier molecular flexibility index (Phi) is 6.15. The van der Waals surface area contributed by atoms with Crippen LogP contribution in [0.3, 0.4) is 0 Å². The summed E-state index contributed by atoms with van der Waals surface area (Å²) in [4.78, 5) is 17.2. The number of alkyl halides is 3. The number of hydrogen-bond donors (Lipinski definition) is 2. The van der Waals surface area contributed by atoms with E-state index in [1.54, 1.807) is 12.1 Å². The van der Waals surface area contributed by atoms with E-state index >= 15 is 0 Å². The highest BCUT2D eigenvalue weighted by Gasteiger charge is 2.44. The molecule has 3 aromatic rings. The maximum atomic E-state index is 14.7. The molecule has 0 aliphatic carbocycles. The summed E-state index contributed by atoms with van der Waals surface area (Å²) >= 11 is 0. The van der Waals surface area contributed by atoms with E-state index in [0.717, 1.165) is 24.3 Å². The highest BCUT2D eigenvalue weighted by atomic mass is 32.2. The van der Waals surface area contributed by atoms with Gasteiger partial charge in [0.05, 0.1) is 17.1 Å². The Morgan fingerprint density at radius 3 is 2.57 bits per heavy atom. The van der Waals surface area contributed by atoms with Crippen LogP contribution in [0, 0.1) is 5.82 Å². The minimum atomic E-state index is -5.11. The molecule has 2 heterocycles. The number of amides is 1. The summed E-state index contributed by atoms with van der Waals surface area (Å²) < 4.78 is 85.8. The van der Waals surface area contributed by atoms with Gasteiger partial charge in [-0.05, 0) is 42.0 Å². The lowest BCUT2D eigenvalue weighted by Gasteiger charge is -2.39. The van der Waals surface area contributed by atoms with Gasteiger partial charge in [0.15, 0.2) is 11.6 Å². The first-order chi connectivity index (χ1) is 16.4. The van der Waals surface area contributed by atoms with Gasteiger partial charge in [-0.2, -0.15) is 0 Å². The molecule has 184 valence electrons. The second-order valence-corrected chi connectivity index (χ2v) is 9.07. The summed E-state index contributed by atoms with van der Waals surface area (Å²) in [6.07, 6.45) is -3.72. The molecule has 1 atom stereocenters. The fraction of sp³-hybridized carbons (Fsp3) is 0.182. The third kappa shape index (κ3) is 4.91. The number of aromatic nitrogens is 1. The first kappa shape index (κ1) is 24.4. The molecule has 1 aromatic heterocycles. The largest absolute Gasteiger partial charge is 0.573 e. The third-order valence-corrected chi connectivity index (χ3v) is 6.29. The number of sulfonamides is 1. The molecule has 1 amide bonds. The molecule has 0 fully saturated rings. The molecule has 13 heteroatoms. The van der Waals surface area contributed by atoms with Gasteiger partial charge in [0.2, 0.25) is 10.0 Å². The number of nitrogens with two attached hydrogens (primary N) is 1. The van der Waals surface area contributed by atoms with Gasteiger partial charge in [0.25, 0.3) is 5.91 Å². The van der Waals surface area contributed by atoms with Gasteiger partial charge in [-0.3, -0.25) is 9.78 Å². The second kappa shape index (κ2) is 8.82. The number of halogens is 4. The van der Waals surface area contributed by atoms with Gasteiger partial charge in [0.1, 0.15) is 17.0 Å². The fourth-order valence-corrected chi connectivity index (χ4v) is 4.61. The van der Waals surface area contributed by atoms with Crippen molar-refractivity contribution in [2.45, 2.75) is 23.2 Å². The van der Waals surface area contributed by atoms with E-state index in [0.29, 0.717) is 0 Å². The molecule has 0 saturated heterocycles. The monoisotopic (exact) mass is 511 g/mol. The topological polar surface area (TPSA) is 121 Å². The molecule has 4 rings (SSSR count). The number of benzene rings is 2. The summed E-state index contributed by atoms with van der Waals surface area (Å²) in [5, 5.41) is 7.94. The smallest absolute Gasteiger partial charge is 0.491 e. The lowest BCUT2D eigenvalue weighted by atomic mass is 9.81. The molecular formula is C22H17F4N3O5S. The van der Waals surface area contributed by atoms with E-state index in [9.17, 15) is 30.8 Å². The number of rotatable bonds is 5. The number of fused-ring (bicyclic) bond motifs is 1. The van der Waals surface area contributed by atoms with Gasteiger partial charge >= 0.3 is 6.36 Å². The molecule has 2 aromatic carbocycles. The van der Waals surface area contributed by atoms with E-state index in [1.807, 2.05) is 0 Å². The summed E-state index contributed by atoms with van der Waals surface area (Å²) in [5.74, 6) is -3.03. The lowest BCUT2D eigenvalue weighted by molar-refractivity contribution is -0.275. The number of nitrogens with zero attached hydrogens (tertiary/aromatic N) is 1. The van der Waals surface area contributed by atoms with E-state index in [1.165, 1.54) is 24.4 Å². The van der Waals surface area contributed by atoms with Gasteiger partial charge in [-0.25, -0.2) is 17.9 Å². The second-order valence-electron chi connectivity index (χ2n) is 7.54. The standard InChI is InChI=1S/C22H17F4N3O5S/c23-15-12-13(7-8-16(15)34-22(24,25)26)21(9-11-33-17-5-3-10-28-19(17)21)29-20(30)14-4-1-2-6-18(14)35(27,31)32/h1-8,10,12H,9,11H2,(H,29,30)(H2,27,31,32)/t21-/m0/s1. The predicted molar refractivity (Wildman–Crippen MR) is 113 cm³/mol. The molecule has 0 radical (unpaired) electrons. The van der Waals surface area contributed by atoms with E-state index < -0.39 is 44.3 Å². The Labute approximate surface area is 196 Å². The third-order valence-electron chi connectivity index (χ3n) is 5.33. The van der Waals surface area contributed by atoms with Crippen molar-refractivity contribution < 1.29 is 40.2 Å². The number of hydrogen-bond acceptors (Lipinski definition) is 6. The predicted octanol–water partition coefficient (Wildman–Crippen LogP) is 3.22. The van der Waals surface area contributed by atoms with Crippen LogP contribution in [-0.2, 0) is 15.6 Å². The zero-order valence-electron chi connectivity index (χ0n) is 17.7. The average molecular weight is 511 g/mol. The van der Waals surface area contributed by atoms with Crippen LogP contribution in [0.15, 0.2) is 65.7 Å². The Bertz CT molecular complexity index is 1400. The lowest BCUT2D eigenvalue weighted by Crippen LogP contribution is -2.50. The van der Waals surface area contributed by atoms with Crippen LogP contribution in [0.25, 0.3) is 0 Å². The molecule has 0 unspecified atom stereocenters. The van der Waals surface area contributed by atoms with Crippen molar-refractivity contribution in [3.05, 3.63) is 83.4 Å². The molecule has 3 N–H and O–H groups in total. The number of nitrogens with one attached hydrogen (secondary N) is 1. The first-order valence-corrected chi connectivity index (χ1v) is 11.5. The van der Waals surface area contributed by atoms with Crippen LogP contribution >= 0.6 is 0 Å². The van der Waals surface area contributed by atoms with Crippen LogP contribution in [0.2, 0.25) is 0 Å². The van der Waals surface area contributed by atoms with Crippen molar-refractivity contribution in [3.63, 3.8) is 0 Å². The Hall–Kier alpha value is -3.71. The molecule has 8 nitrogen and oxygen atoms in total. The number of carbonyl (C=O) groups excluding carboxylic acids is 1. The molecule has 0 spiro atoms. The molecule has 1 aliphatic rings. The highest BCUT2D eigenvalue weighted by Crippen LogP contribution is 2.42. The summed E-state index contributed by atoms with van der Waals surface area (Å²) in [6, 6.07) is 11.0. The normalized spacial score (nSPS) is 17.7. The Morgan fingerprint density at radius 2 is 1.89 bits per heavy atom. The van der Waals surface area contributed by atoms with E-state index in [4.69, 9.17) is 9.88 Å². The zero-order chi connectivity index (χ0) is 25.4. The maximum absolute atomic E-state index is 14.7. The summed E-state index contributed by atoms with van der Waals surface area (Å²) in [5.41, 5.74) is -1.68. The van der Waals surface area contributed by atoms with Crippen LogP contribution in [0.4, 0.5) is 17.6 Å². The number of primary sulfonamides is 1. The van der Waals surface area contributed by atoms with E-state index in [-0.39, 0.29) is 35.6 Å². The average Bonchev–Trinajstić information content (AvgIpc) is 2.79. The molecule has 35 heavy (non-hydrogen) atoms. The van der Waals surface area contributed by atoms with Gasteiger partial charge in [0, 0.05) is 12.6 Å². The van der Waals surface area contributed by atoms with Gasteiger partial charge < -0.3 is 14.8 Å². The fourth-order valence-electron chi connectivity index (χ4n) is 3.87. The van der Waals surface area contributed by atoms with Gasteiger partial charge in [-0.15, -0.1) is 13.2 Å². The highest BCUT2D eigenvalue weighted by molar-refractivity contribution is 7.89. The van der Waals surface area contributed by atoms with Crippen LogP contribution < -0.4 is 19.9 Å². The van der Waals surface area contributed by atoms with Crippen molar-refractivity contribution >= 4 is 15.9 Å². The molecular weight excluding hydrogens is 494 g/mol. The molecule has 0 bridgehead atoms. The zero-order valence-corrected chi connectivity index (χ0v) is 18.5. The van der Waals surface area contributed by atoms with Crippen molar-refractivity contribution in [1.82, 2.24) is 10.3 Å². The van der Waals surface area contributed by atoms with Crippen LogP contribution in [0.1, 0.15) is 28.0 Å². The summed E-state index contributed by atoms with van der Waals surface area (Å²) in [6.45, 7) is 0.0260. The molecule has 0 saturated carbocycles. The first-order valence-electron chi connectivity index (χ1n) is 9.99.